The molecule has 0 aromatic heterocycles. The Labute approximate surface area is 88.2 Å². The van der Waals surface area contributed by atoms with E-state index in [1.165, 1.54) is 32.4 Å². The van der Waals surface area contributed by atoms with Gasteiger partial charge in [0.05, 0.1) is 0 Å². The Balaban J connectivity index is 2.02. The van der Waals surface area contributed by atoms with Gasteiger partial charge >= 0.3 is 0 Å². The van der Waals surface area contributed by atoms with Crippen LogP contribution in [-0.2, 0) is 0 Å². The Morgan fingerprint density at radius 2 is 2.00 bits per heavy atom. The molecule has 0 saturated carbocycles. The minimum Gasteiger partial charge on any atom is -0.317 e. The van der Waals surface area contributed by atoms with Crippen LogP contribution < -0.4 is 10.6 Å². The van der Waals surface area contributed by atoms with Crippen LogP contribution in [0, 0.1) is 0 Å². The zero-order chi connectivity index (χ0) is 10.4. The van der Waals surface area contributed by atoms with Crippen molar-refractivity contribution in [3.8, 4) is 0 Å². The molecule has 1 heterocycles. The Kier molecular flexibility index (Phi) is 5.45. The second kappa shape index (κ2) is 6.38. The highest BCUT2D eigenvalue weighted by atomic mass is 15.1. The molecule has 0 aromatic carbocycles. The van der Waals surface area contributed by atoms with E-state index < -0.39 is 0 Å². The average molecular weight is 199 g/mol. The summed E-state index contributed by atoms with van der Waals surface area (Å²) in [5, 5.41) is 7.02. The molecule has 0 bridgehead atoms. The van der Waals surface area contributed by atoms with Crippen LogP contribution in [0.2, 0.25) is 0 Å². The highest BCUT2D eigenvalue weighted by molar-refractivity contribution is 4.74. The first-order valence-corrected chi connectivity index (χ1v) is 5.80. The van der Waals surface area contributed by atoms with Gasteiger partial charge in [0.15, 0.2) is 0 Å². The smallest absolute Gasteiger partial charge is 0.00912 e. The Morgan fingerprint density at radius 3 is 2.57 bits per heavy atom. The van der Waals surface area contributed by atoms with Crippen LogP contribution in [0.3, 0.4) is 0 Å². The Hall–Kier alpha value is -0.120. The third-order valence-corrected chi connectivity index (χ3v) is 3.22. The highest BCUT2D eigenvalue weighted by Crippen LogP contribution is 2.03. The maximum absolute atomic E-state index is 3.64. The molecule has 3 heteroatoms. The van der Waals surface area contributed by atoms with Crippen LogP contribution >= 0.6 is 0 Å². The maximum Gasteiger partial charge on any atom is 0.00912 e. The Bertz CT molecular complexity index is 141. The number of hydrogen-bond donors (Lipinski definition) is 2. The SMILES string of the molecule is CC(CCNC1CCNCC1)N(C)C. The maximum atomic E-state index is 3.64. The minimum absolute atomic E-state index is 0.684. The van der Waals surface area contributed by atoms with E-state index in [1.54, 1.807) is 0 Å². The van der Waals surface area contributed by atoms with Gasteiger partial charge in [-0.05, 0) is 59.9 Å². The number of rotatable bonds is 5. The summed E-state index contributed by atoms with van der Waals surface area (Å²) in [6, 6.07) is 1.44. The second-order valence-corrected chi connectivity index (χ2v) is 4.58. The van der Waals surface area contributed by atoms with E-state index in [1.807, 2.05) is 0 Å². The van der Waals surface area contributed by atoms with Gasteiger partial charge < -0.3 is 15.5 Å². The van der Waals surface area contributed by atoms with E-state index in [9.17, 15) is 0 Å². The molecule has 1 unspecified atom stereocenters. The van der Waals surface area contributed by atoms with Gasteiger partial charge in [-0.25, -0.2) is 0 Å². The molecular weight excluding hydrogens is 174 g/mol. The topological polar surface area (TPSA) is 27.3 Å². The van der Waals surface area contributed by atoms with E-state index in [4.69, 9.17) is 0 Å². The molecule has 2 N–H and O–H groups in total. The largest absolute Gasteiger partial charge is 0.317 e. The van der Waals surface area contributed by atoms with Gasteiger partial charge in [0, 0.05) is 12.1 Å². The van der Waals surface area contributed by atoms with Gasteiger partial charge in [-0.3, -0.25) is 0 Å². The molecule has 0 amide bonds. The van der Waals surface area contributed by atoms with Crippen molar-refractivity contribution >= 4 is 0 Å². The van der Waals surface area contributed by atoms with Gasteiger partial charge in [0.1, 0.15) is 0 Å². The lowest BCUT2D eigenvalue weighted by Gasteiger charge is -2.25. The summed E-state index contributed by atoms with van der Waals surface area (Å²) in [4.78, 5) is 2.28. The molecule has 84 valence electrons. The van der Waals surface area contributed by atoms with Gasteiger partial charge in [-0.1, -0.05) is 0 Å². The first-order chi connectivity index (χ1) is 6.70. The van der Waals surface area contributed by atoms with Crippen molar-refractivity contribution in [3.63, 3.8) is 0 Å². The van der Waals surface area contributed by atoms with Crippen molar-refractivity contribution in [2.75, 3.05) is 33.7 Å². The summed E-state index contributed by atoms with van der Waals surface area (Å²) >= 11 is 0. The molecule has 0 aromatic rings. The lowest BCUT2D eigenvalue weighted by molar-refractivity contribution is 0.286. The molecule has 0 aliphatic carbocycles. The van der Waals surface area contributed by atoms with E-state index in [0.717, 1.165) is 12.6 Å². The molecule has 0 radical (unpaired) electrons. The summed E-state index contributed by atoms with van der Waals surface area (Å²) < 4.78 is 0. The van der Waals surface area contributed by atoms with Gasteiger partial charge in [0.2, 0.25) is 0 Å². The molecular formula is C11H25N3. The fraction of sp³-hybridized carbons (Fsp3) is 1.00. The fourth-order valence-electron chi connectivity index (χ4n) is 1.78. The van der Waals surface area contributed by atoms with Crippen molar-refractivity contribution in [1.29, 1.82) is 0 Å². The van der Waals surface area contributed by atoms with Crippen molar-refractivity contribution in [2.24, 2.45) is 0 Å². The third kappa shape index (κ3) is 4.40. The average Bonchev–Trinajstić information content (AvgIpc) is 2.19. The third-order valence-electron chi connectivity index (χ3n) is 3.22. The van der Waals surface area contributed by atoms with E-state index in [2.05, 4.69) is 36.6 Å². The molecule has 1 atom stereocenters. The summed E-state index contributed by atoms with van der Waals surface area (Å²) in [6.07, 6.45) is 3.82. The van der Waals surface area contributed by atoms with E-state index >= 15 is 0 Å². The molecule has 0 spiro atoms. The van der Waals surface area contributed by atoms with E-state index in [0.29, 0.717) is 6.04 Å². The van der Waals surface area contributed by atoms with Crippen LogP contribution in [0.5, 0.6) is 0 Å². The van der Waals surface area contributed by atoms with Crippen LogP contribution in [0.1, 0.15) is 26.2 Å². The monoisotopic (exact) mass is 199 g/mol. The minimum atomic E-state index is 0.684. The van der Waals surface area contributed by atoms with Gasteiger partial charge in [0.25, 0.3) is 0 Å². The standard InChI is InChI=1S/C11H25N3/c1-10(14(2)3)4-9-13-11-5-7-12-8-6-11/h10-13H,4-9H2,1-3H3. The van der Waals surface area contributed by atoms with Crippen molar-refractivity contribution in [1.82, 2.24) is 15.5 Å². The number of hydrogen-bond acceptors (Lipinski definition) is 3. The molecule has 1 aliphatic heterocycles. The van der Waals surface area contributed by atoms with Crippen molar-refractivity contribution in [2.45, 2.75) is 38.3 Å². The summed E-state index contributed by atoms with van der Waals surface area (Å²) in [6.45, 7) is 5.80. The number of nitrogens with one attached hydrogen (secondary N) is 2. The first kappa shape index (κ1) is 12.0. The normalized spacial score (nSPS) is 21.4. The highest BCUT2D eigenvalue weighted by Gasteiger charge is 2.12. The predicted octanol–water partition coefficient (Wildman–Crippen LogP) is 0.668. The fourth-order valence-corrected chi connectivity index (χ4v) is 1.78. The van der Waals surface area contributed by atoms with Crippen LogP contribution in [-0.4, -0.2) is 50.7 Å². The van der Waals surface area contributed by atoms with Crippen LogP contribution in [0.15, 0.2) is 0 Å². The van der Waals surface area contributed by atoms with Gasteiger partial charge in [-0.15, -0.1) is 0 Å². The van der Waals surface area contributed by atoms with Crippen LogP contribution in [0.25, 0.3) is 0 Å². The number of piperidine rings is 1. The molecule has 1 saturated heterocycles. The predicted molar refractivity (Wildman–Crippen MR) is 61.7 cm³/mol. The second-order valence-electron chi connectivity index (χ2n) is 4.58. The van der Waals surface area contributed by atoms with Crippen LogP contribution in [0.4, 0.5) is 0 Å². The zero-order valence-corrected chi connectivity index (χ0v) is 9.84. The zero-order valence-electron chi connectivity index (χ0n) is 9.84. The van der Waals surface area contributed by atoms with Gasteiger partial charge in [-0.2, -0.15) is 0 Å². The van der Waals surface area contributed by atoms with E-state index in [-0.39, 0.29) is 0 Å². The first-order valence-electron chi connectivity index (χ1n) is 5.80. The van der Waals surface area contributed by atoms with Crippen molar-refractivity contribution in [3.05, 3.63) is 0 Å². The molecule has 1 rings (SSSR count). The summed E-state index contributed by atoms with van der Waals surface area (Å²) in [5.74, 6) is 0. The summed E-state index contributed by atoms with van der Waals surface area (Å²) in [5.41, 5.74) is 0. The Morgan fingerprint density at radius 1 is 1.36 bits per heavy atom. The number of nitrogens with zero attached hydrogens (tertiary/aromatic N) is 1. The molecule has 1 fully saturated rings. The quantitative estimate of drug-likeness (QED) is 0.681. The molecule has 1 aliphatic rings. The molecule has 3 nitrogen and oxygen atoms in total. The lowest BCUT2D eigenvalue weighted by Crippen LogP contribution is -2.41. The van der Waals surface area contributed by atoms with Crippen molar-refractivity contribution < 1.29 is 0 Å². The molecule has 14 heavy (non-hydrogen) atoms. The lowest BCUT2D eigenvalue weighted by atomic mass is 10.1. The summed E-state index contributed by atoms with van der Waals surface area (Å²) in [7, 11) is 4.30.